The van der Waals surface area contributed by atoms with E-state index >= 15 is 0 Å². The van der Waals surface area contributed by atoms with Crippen LogP contribution in [-0.2, 0) is 32.5 Å². The minimum atomic E-state index is -3.58. The second-order valence-electron chi connectivity index (χ2n) is 7.77. The second-order valence-corrected chi connectivity index (χ2v) is 9.71. The Hall–Kier alpha value is -2.82. The maximum Gasteiger partial charge on any atom is 0.243 e. The summed E-state index contributed by atoms with van der Waals surface area (Å²) in [5, 5.41) is 11.2. The molecule has 0 bridgehead atoms. The number of nitrogens with one attached hydrogen (secondary N) is 1. The molecule has 1 N–H and O–H groups in total. The van der Waals surface area contributed by atoms with Crippen LogP contribution in [-0.4, -0.2) is 59.9 Å². The van der Waals surface area contributed by atoms with Gasteiger partial charge in [0.15, 0.2) is 0 Å². The van der Waals surface area contributed by atoms with Gasteiger partial charge in [0, 0.05) is 13.1 Å². The van der Waals surface area contributed by atoms with Crippen molar-refractivity contribution >= 4 is 27.0 Å². The highest BCUT2D eigenvalue weighted by atomic mass is 32.2. The first-order valence-electron chi connectivity index (χ1n) is 10.3. The summed E-state index contributed by atoms with van der Waals surface area (Å²) in [5.41, 5.74) is 3.46. The minimum absolute atomic E-state index is 0.0537. The van der Waals surface area contributed by atoms with Crippen molar-refractivity contribution in [1.29, 1.82) is 0 Å². The summed E-state index contributed by atoms with van der Waals surface area (Å²) >= 11 is 0. The lowest BCUT2D eigenvalue weighted by Crippen LogP contribution is -2.40. The zero-order valence-corrected chi connectivity index (χ0v) is 17.7. The van der Waals surface area contributed by atoms with Gasteiger partial charge >= 0.3 is 0 Å². The number of fused-ring (bicyclic) bond motifs is 2. The molecule has 2 aromatic carbocycles. The predicted molar refractivity (Wildman–Crippen MR) is 113 cm³/mol. The van der Waals surface area contributed by atoms with Gasteiger partial charge in [0.2, 0.25) is 15.9 Å². The fourth-order valence-electron chi connectivity index (χ4n) is 4.24. The molecule has 162 valence electrons. The molecule has 2 heterocycles. The average Bonchev–Trinajstić information content (AvgIpc) is 3.38. The lowest BCUT2D eigenvalue weighted by molar-refractivity contribution is -0.122. The van der Waals surface area contributed by atoms with E-state index in [1.54, 1.807) is 16.8 Å². The minimum Gasteiger partial charge on any atom is -0.379 e. The summed E-state index contributed by atoms with van der Waals surface area (Å²) in [6.07, 6.45) is 1.53. The lowest BCUT2D eigenvalue weighted by Gasteiger charge is -2.26. The first kappa shape index (κ1) is 20.1. The van der Waals surface area contributed by atoms with Crippen molar-refractivity contribution in [2.45, 2.75) is 30.3 Å². The maximum atomic E-state index is 13.0. The lowest BCUT2D eigenvalue weighted by atomic mass is 10.1. The highest BCUT2D eigenvalue weighted by Crippen LogP contribution is 2.33. The molecule has 0 saturated carbocycles. The van der Waals surface area contributed by atoms with Crippen LogP contribution in [0.4, 0.5) is 0 Å². The number of hydrogen-bond donors (Lipinski definition) is 1. The largest absolute Gasteiger partial charge is 0.379 e. The highest BCUT2D eigenvalue weighted by Gasteiger charge is 2.30. The van der Waals surface area contributed by atoms with Crippen LogP contribution < -0.4 is 5.32 Å². The van der Waals surface area contributed by atoms with Gasteiger partial charge in [0.25, 0.3) is 0 Å². The number of carbonyl (C=O) groups excluding carboxylic acids is 1. The van der Waals surface area contributed by atoms with Gasteiger partial charge in [0.05, 0.1) is 29.7 Å². The van der Waals surface area contributed by atoms with E-state index in [0.29, 0.717) is 26.3 Å². The Labute approximate surface area is 180 Å². The van der Waals surface area contributed by atoms with Crippen molar-refractivity contribution in [3.63, 3.8) is 0 Å². The topological polar surface area (TPSA) is 106 Å². The first-order chi connectivity index (χ1) is 15.0. The smallest absolute Gasteiger partial charge is 0.243 e. The third-order valence-corrected chi connectivity index (χ3v) is 7.75. The molecule has 1 amide bonds. The zero-order valence-electron chi connectivity index (χ0n) is 16.9. The molecule has 1 fully saturated rings. The number of benzene rings is 2. The summed E-state index contributed by atoms with van der Waals surface area (Å²) in [4.78, 5) is 13.0. The van der Waals surface area contributed by atoms with Gasteiger partial charge in [-0.05, 0) is 48.2 Å². The molecule has 1 saturated heterocycles. The number of nitrogens with zero attached hydrogens (tertiary/aromatic N) is 4. The van der Waals surface area contributed by atoms with Gasteiger partial charge < -0.3 is 10.1 Å². The molecular formula is C21H23N5O4S. The maximum absolute atomic E-state index is 13.0. The Morgan fingerprint density at radius 1 is 1.16 bits per heavy atom. The Balaban J connectivity index is 1.34. The molecule has 5 rings (SSSR count). The highest BCUT2D eigenvalue weighted by molar-refractivity contribution is 7.89. The van der Waals surface area contributed by atoms with E-state index in [1.165, 1.54) is 4.31 Å². The van der Waals surface area contributed by atoms with Crippen LogP contribution in [0, 0.1) is 0 Å². The molecule has 3 aromatic rings. The zero-order chi connectivity index (χ0) is 21.4. The first-order valence-corrected chi connectivity index (χ1v) is 11.7. The van der Waals surface area contributed by atoms with Crippen LogP contribution in [0.1, 0.15) is 23.6 Å². The number of ether oxygens (including phenoxy) is 1. The van der Waals surface area contributed by atoms with Crippen LogP contribution >= 0.6 is 0 Å². The number of amides is 1. The van der Waals surface area contributed by atoms with Crippen molar-refractivity contribution < 1.29 is 17.9 Å². The third kappa shape index (κ3) is 3.82. The molecular weight excluding hydrogens is 418 g/mol. The number of hydrogen-bond acceptors (Lipinski definition) is 6. The van der Waals surface area contributed by atoms with Crippen LogP contribution in [0.3, 0.4) is 0 Å². The Bertz CT molecular complexity index is 1230. The van der Waals surface area contributed by atoms with Gasteiger partial charge in [-0.25, -0.2) is 13.1 Å². The normalized spacial score (nSPS) is 19.4. The Morgan fingerprint density at radius 2 is 1.97 bits per heavy atom. The number of para-hydroxylation sites is 1. The van der Waals surface area contributed by atoms with Crippen molar-refractivity contribution in [2.24, 2.45) is 0 Å². The Kier molecular flexibility index (Phi) is 5.20. The molecule has 0 radical (unpaired) electrons. The van der Waals surface area contributed by atoms with E-state index in [4.69, 9.17) is 4.74 Å². The van der Waals surface area contributed by atoms with Crippen molar-refractivity contribution in [1.82, 2.24) is 24.6 Å². The van der Waals surface area contributed by atoms with Crippen LogP contribution in [0.15, 0.2) is 47.4 Å². The number of morpholine rings is 1. The van der Waals surface area contributed by atoms with Gasteiger partial charge in [-0.15, -0.1) is 5.10 Å². The van der Waals surface area contributed by atoms with Gasteiger partial charge in [-0.2, -0.15) is 4.31 Å². The van der Waals surface area contributed by atoms with E-state index in [9.17, 15) is 13.2 Å². The average molecular weight is 442 g/mol. The standard InChI is InChI=1S/C21H23N5O4S/c27-21(14-26-20-4-2-1-3-19(20)23-24-26)22-18-8-6-15-5-7-16(13-17(15)18)31(28,29)25-9-11-30-12-10-25/h1-5,7,13,18H,6,8-12,14H2,(H,22,27)/t18-/m1/s1. The van der Waals surface area contributed by atoms with Gasteiger partial charge in [-0.1, -0.05) is 23.4 Å². The monoisotopic (exact) mass is 441 g/mol. The molecule has 2 aliphatic rings. The number of aryl methyl sites for hydroxylation is 1. The van der Waals surface area contributed by atoms with Crippen molar-refractivity contribution in [3.05, 3.63) is 53.6 Å². The molecule has 31 heavy (non-hydrogen) atoms. The summed E-state index contributed by atoms with van der Waals surface area (Å²) in [5.74, 6) is -0.185. The number of sulfonamides is 1. The van der Waals surface area contributed by atoms with E-state index < -0.39 is 10.0 Å². The number of carbonyl (C=O) groups is 1. The van der Waals surface area contributed by atoms with E-state index in [-0.39, 0.29) is 23.4 Å². The van der Waals surface area contributed by atoms with E-state index in [2.05, 4.69) is 15.6 Å². The summed E-state index contributed by atoms with van der Waals surface area (Å²) in [7, 11) is -3.58. The van der Waals surface area contributed by atoms with Crippen LogP contribution in [0.25, 0.3) is 11.0 Å². The fourth-order valence-corrected chi connectivity index (χ4v) is 5.68. The predicted octanol–water partition coefficient (Wildman–Crippen LogP) is 1.26. The summed E-state index contributed by atoms with van der Waals surface area (Å²) in [6.45, 7) is 1.56. The number of rotatable bonds is 5. The molecule has 1 atom stereocenters. The molecule has 0 spiro atoms. The number of aromatic nitrogens is 3. The quantitative estimate of drug-likeness (QED) is 0.639. The summed E-state index contributed by atoms with van der Waals surface area (Å²) < 4.78 is 34.3. The van der Waals surface area contributed by atoms with Crippen molar-refractivity contribution in [2.75, 3.05) is 26.3 Å². The van der Waals surface area contributed by atoms with Gasteiger partial charge in [-0.3, -0.25) is 4.79 Å². The van der Waals surface area contributed by atoms with Gasteiger partial charge in [0.1, 0.15) is 12.1 Å². The molecule has 10 heteroatoms. The molecule has 1 aliphatic carbocycles. The van der Waals surface area contributed by atoms with Crippen LogP contribution in [0.2, 0.25) is 0 Å². The summed E-state index contributed by atoms with van der Waals surface area (Å²) in [6, 6.07) is 12.5. The third-order valence-electron chi connectivity index (χ3n) is 5.85. The SMILES string of the molecule is O=C(Cn1nnc2ccccc21)N[C@@H]1CCc2ccc(S(=O)(=O)N3CCOCC3)cc21. The Morgan fingerprint density at radius 3 is 2.81 bits per heavy atom. The molecule has 1 aromatic heterocycles. The van der Waals surface area contributed by atoms with Crippen molar-refractivity contribution in [3.8, 4) is 0 Å². The van der Waals surface area contributed by atoms with E-state index in [0.717, 1.165) is 35.0 Å². The van der Waals surface area contributed by atoms with E-state index in [1.807, 2.05) is 30.3 Å². The molecule has 9 nitrogen and oxygen atoms in total. The molecule has 0 unspecified atom stereocenters. The fraction of sp³-hybridized carbons (Fsp3) is 0.381. The van der Waals surface area contributed by atoms with Crippen LogP contribution in [0.5, 0.6) is 0 Å². The molecule has 1 aliphatic heterocycles. The second kappa shape index (κ2) is 8.03.